The van der Waals surface area contributed by atoms with E-state index in [1.165, 1.54) is 46.0 Å². The van der Waals surface area contributed by atoms with E-state index in [2.05, 4.69) is 53.2 Å². The van der Waals surface area contributed by atoms with Crippen LogP contribution in [0.25, 0.3) is 22.0 Å². The highest BCUT2D eigenvalue weighted by Crippen LogP contribution is 2.32. The molecule has 2 heteroatoms. The van der Waals surface area contributed by atoms with Crippen LogP contribution >= 0.6 is 0 Å². The van der Waals surface area contributed by atoms with E-state index in [9.17, 15) is 0 Å². The SMILES string of the molecule is NCc1ccc(-c2cc3c4c(ccn4CCC3)c2)cc1. The summed E-state index contributed by atoms with van der Waals surface area (Å²) in [5.41, 5.74) is 12.4. The van der Waals surface area contributed by atoms with E-state index in [1.54, 1.807) is 0 Å². The first-order valence-corrected chi connectivity index (χ1v) is 7.26. The highest BCUT2D eigenvalue weighted by Gasteiger charge is 2.13. The third-order valence-corrected chi connectivity index (χ3v) is 4.31. The normalized spacial score (nSPS) is 13.8. The molecule has 2 N–H and O–H groups in total. The highest BCUT2D eigenvalue weighted by molar-refractivity contribution is 5.89. The van der Waals surface area contributed by atoms with E-state index in [0.29, 0.717) is 6.54 Å². The van der Waals surface area contributed by atoms with Gasteiger partial charge in [0.05, 0.1) is 5.52 Å². The van der Waals surface area contributed by atoms with Crippen molar-refractivity contribution in [2.24, 2.45) is 5.73 Å². The molecule has 1 aromatic heterocycles. The minimum atomic E-state index is 0.605. The number of aryl methyl sites for hydroxylation is 2. The Balaban J connectivity index is 1.87. The Bertz CT molecular complexity index is 766. The summed E-state index contributed by atoms with van der Waals surface area (Å²) in [5, 5.41) is 1.36. The second kappa shape index (κ2) is 4.50. The van der Waals surface area contributed by atoms with Gasteiger partial charge in [-0.1, -0.05) is 24.3 Å². The molecular formula is C18H18N2. The Kier molecular flexibility index (Phi) is 2.64. The summed E-state index contributed by atoms with van der Waals surface area (Å²) in [4.78, 5) is 0. The second-order valence-electron chi connectivity index (χ2n) is 5.59. The predicted molar refractivity (Wildman–Crippen MR) is 83.6 cm³/mol. The van der Waals surface area contributed by atoms with Crippen molar-refractivity contribution >= 4 is 10.9 Å². The summed E-state index contributed by atoms with van der Waals surface area (Å²) in [6.45, 7) is 1.76. The van der Waals surface area contributed by atoms with Crippen molar-refractivity contribution in [2.45, 2.75) is 25.9 Å². The molecule has 1 aliphatic rings. The van der Waals surface area contributed by atoms with Gasteiger partial charge in [0.2, 0.25) is 0 Å². The van der Waals surface area contributed by atoms with E-state index < -0.39 is 0 Å². The molecule has 0 bridgehead atoms. The molecule has 1 aliphatic heterocycles. The Hall–Kier alpha value is -2.06. The first-order chi connectivity index (χ1) is 9.85. The fourth-order valence-electron chi connectivity index (χ4n) is 3.26. The molecule has 4 rings (SSSR count). The largest absolute Gasteiger partial charge is 0.347 e. The maximum Gasteiger partial charge on any atom is 0.0513 e. The van der Waals surface area contributed by atoms with Crippen LogP contribution in [0.15, 0.2) is 48.7 Å². The maximum atomic E-state index is 5.67. The Labute approximate surface area is 118 Å². The Morgan fingerprint density at radius 3 is 2.65 bits per heavy atom. The molecule has 2 heterocycles. The number of hydrogen-bond donors (Lipinski definition) is 1. The minimum absolute atomic E-state index is 0.605. The van der Waals surface area contributed by atoms with Crippen LogP contribution in [0, 0.1) is 0 Å². The van der Waals surface area contributed by atoms with Crippen molar-refractivity contribution in [2.75, 3.05) is 0 Å². The van der Waals surface area contributed by atoms with Crippen LogP contribution in [0.1, 0.15) is 17.5 Å². The molecule has 0 radical (unpaired) electrons. The fraction of sp³-hybridized carbons (Fsp3) is 0.222. The van der Waals surface area contributed by atoms with E-state index in [4.69, 9.17) is 5.73 Å². The molecule has 2 nitrogen and oxygen atoms in total. The number of nitrogens with zero attached hydrogens (tertiary/aromatic N) is 1. The van der Waals surface area contributed by atoms with Crippen LogP contribution in [-0.2, 0) is 19.5 Å². The quantitative estimate of drug-likeness (QED) is 0.750. The van der Waals surface area contributed by atoms with Crippen LogP contribution in [0.4, 0.5) is 0 Å². The van der Waals surface area contributed by atoms with Gasteiger partial charge in [-0.15, -0.1) is 0 Å². The number of nitrogens with two attached hydrogens (primary N) is 1. The highest BCUT2D eigenvalue weighted by atomic mass is 15.0. The number of rotatable bonds is 2. The lowest BCUT2D eigenvalue weighted by molar-refractivity contribution is 0.636. The molecule has 0 saturated heterocycles. The zero-order chi connectivity index (χ0) is 13.5. The summed E-state index contributed by atoms with van der Waals surface area (Å²) in [7, 11) is 0. The minimum Gasteiger partial charge on any atom is -0.347 e. The van der Waals surface area contributed by atoms with Crippen LogP contribution in [0.2, 0.25) is 0 Å². The zero-order valence-electron chi connectivity index (χ0n) is 11.5. The molecule has 0 atom stereocenters. The monoisotopic (exact) mass is 262 g/mol. The summed E-state index contributed by atoms with van der Waals surface area (Å²) >= 11 is 0. The average Bonchev–Trinajstić information content (AvgIpc) is 2.92. The van der Waals surface area contributed by atoms with Crippen LogP contribution in [0.3, 0.4) is 0 Å². The van der Waals surface area contributed by atoms with Crippen molar-refractivity contribution in [1.29, 1.82) is 0 Å². The first-order valence-electron chi connectivity index (χ1n) is 7.26. The summed E-state index contributed by atoms with van der Waals surface area (Å²) in [6, 6.07) is 15.5. The average molecular weight is 262 g/mol. The molecule has 100 valence electrons. The van der Waals surface area contributed by atoms with Gasteiger partial charge in [0, 0.05) is 24.7 Å². The number of hydrogen-bond acceptors (Lipinski definition) is 1. The van der Waals surface area contributed by atoms with Gasteiger partial charge in [-0.25, -0.2) is 0 Å². The van der Waals surface area contributed by atoms with Crippen molar-refractivity contribution in [3.05, 3.63) is 59.8 Å². The number of aromatic nitrogens is 1. The topological polar surface area (TPSA) is 30.9 Å². The molecule has 2 aromatic carbocycles. The third-order valence-electron chi connectivity index (χ3n) is 4.31. The van der Waals surface area contributed by atoms with Gasteiger partial charge in [-0.05, 0) is 53.3 Å². The van der Waals surface area contributed by atoms with Crippen LogP contribution < -0.4 is 5.73 Å². The molecule has 0 aliphatic carbocycles. The standard InChI is InChI=1S/C18H18N2/c19-12-13-3-5-14(6-4-13)17-10-15-2-1-8-20-9-7-16(11-17)18(15)20/h3-7,9-11H,1-2,8,12,19H2. The molecular weight excluding hydrogens is 244 g/mol. The van der Waals surface area contributed by atoms with E-state index in [1.807, 2.05) is 0 Å². The third kappa shape index (κ3) is 1.76. The van der Waals surface area contributed by atoms with E-state index in [-0.39, 0.29) is 0 Å². The predicted octanol–water partition coefficient (Wildman–Crippen LogP) is 3.71. The van der Waals surface area contributed by atoms with Gasteiger partial charge < -0.3 is 10.3 Å². The van der Waals surface area contributed by atoms with E-state index >= 15 is 0 Å². The summed E-state index contributed by atoms with van der Waals surface area (Å²) in [5.74, 6) is 0. The lowest BCUT2D eigenvalue weighted by atomic mass is 9.96. The van der Waals surface area contributed by atoms with Gasteiger partial charge in [-0.3, -0.25) is 0 Å². The molecule has 20 heavy (non-hydrogen) atoms. The summed E-state index contributed by atoms with van der Waals surface area (Å²) in [6.07, 6.45) is 4.65. The van der Waals surface area contributed by atoms with Crippen molar-refractivity contribution in [3.8, 4) is 11.1 Å². The zero-order valence-corrected chi connectivity index (χ0v) is 11.5. The Morgan fingerprint density at radius 1 is 1.00 bits per heavy atom. The van der Waals surface area contributed by atoms with Crippen LogP contribution in [0.5, 0.6) is 0 Å². The maximum absolute atomic E-state index is 5.67. The molecule has 0 saturated carbocycles. The van der Waals surface area contributed by atoms with Gasteiger partial charge in [0.15, 0.2) is 0 Å². The molecule has 0 fully saturated rings. The molecule has 0 spiro atoms. The number of benzene rings is 2. The molecule has 0 amide bonds. The smallest absolute Gasteiger partial charge is 0.0513 e. The fourth-order valence-corrected chi connectivity index (χ4v) is 3.26. The summed E-state index contributed by atoms with van der Waals surface area (Å²) < 4.78 is 2.38. The van der Waals surface area contributed by atoms with Gasteiger partial charge in [0.25, 0.3) is 0 Å². The molecule has 0 unspecified atom stereocenters. The lowest BCUT2D eigenvalue weighted by Crippen LogP contribution is -2.06. The van der Waals surface area contributed by atoms with E-state index in [0.717, 1.165) is 6.54 Å². The van der Waals surface area contributed by atoms with Crippen molar-refractivity contribution in [3.63, 3.8) is 0 Å². The lowest BCUT2D eigenvalue weighted by Gasteiger charge is -2.17. The van der Waals surface area contributed by atoms with Gasteiger partial charge >= 0.3 is 0 Å². The van der Waals surface area contributed by atoms with Gasteiger partial charge in [0.1, 0.15) is 0 Å². The first kappa shape index (κ1) is 11.7. The Morgan fingerprint density at radius 2 is 1.85 bits per heavy atom. The van der Waals surface area contributed by atoms with Gasteiger partial charge in [-0.2, -0.15) is 0 Å². The van der Waals surface area contributed by atoms with Crippen molar-refractivity contribution in [1.82, 2.24) is 4.57 Å². The van der Waals surface area contributed by atoms with Crippen molar-refractivity contribution < 1.29 is 0 Å². The van der Waals surface area contributed by atoms with Crippen LogP contribution in [-0.4, -0.2) is 4.57 Å². The second-order valence-corrected chi connectivity index (χ2v) is 5.59. The molecule has 3 aromatic rings.